The Morgan fingerprint density at radius 2 is 2.16 bits per heavy atom. The van der Waals surface area contributed by atoms with E-state index < -0.39 is 23.9 Å². The lowest BCUT2D eigenvalue weighted by atomic mass is 10.2. The summed E-state index contributed by atoms with van der Waals surface area (Å²) in [4.78, 5) is 41.6. The van der Waals surface area contributed by atoms with Crippen molar-refractivity contribution in [2.45, 2.75) is 18.9 Å². The first kappa shape index (κ1) is 12.7. The molecule has 1 unspecified atom stereocenters. The largest absolute Gasteiger partial charge is 0.482 e. The molecule has 9 nitrogen and oxygen atoms in total. The zero-order chi connectivity index (χ0) is 13.8. The maximum atomic E-state index is 11.8. The number of azide groups is 1. The summed E-state index contributed by atoms with van der Waals surface area (Å²) in [6, 6.07) is 0. The Hall–Kier alpha value is -2.80. The molecule has 0 aromatic heterocycles. The fourth-order valence-electron chi connectivity index (χ4n) is 1.53. The molecule has 19 heavy (non-hydrogen) atoms. The van der Waals surface area contributed by atoms with Crippen molar-refractivity contribution in [1.29, 1.82) is 0 Å². The van der Waals surface area contributed by atoms with Crippen molar-refractivity contribution in [2.24, 2.45) is 5.11 Å². The number of amides is 2. The van der Waals surface area contributed by atoms with Crippen LogP contribution in [-0.2, 0) is 24.0 Å². The summed E-state index contributed by atoms with van der Waals surface area (Å²) in [5.74, 6) is -2.20. The van der Waals surface area contributed by atoms with Crippen molar-refractivity contribution in [3.8, 4) is 0 Å². The number of hydrogen-bond acceptors (Lipinski definition) is 6. The molecule has 2 amide bonds. The van der Waals surface area contributed by atoms with Gasteiger partial charge in [-0.15, -0.1) is 5.06 Å². The number of nitrogens with zero attached hydrogens (tertiary/aromatic N) is 4. The smallest absolute Gasteiger partial charge is 0.377 e. The predicted molar refractivity (Wildman–Crippen MR) is 58.4 cm³/mol. The molecule has 1 atom stereocenters. The zero-order valence-electron chi connectivity index (χ0n) is 9.55. The second kappa shape index (κ2) is 5.23. The Labute approximate surface area is 106 Å². The third-order valence-corrected chi connectivity index (χ3v) is 2.39. The van der Waals surface area contributed by atoms with Crippen LogP contribution >= 0.6 is 0 Å². The van der Waals surface area contributed by atoms with Crippen LogP contribution < -0.4 is 0 Å². The molecule has 0 aromatic carbocycles. The number of rotatable bonds is 3. The van der Waals surface area contributed by atoms with Gasteiger partial charge >= 0.3 is 5.97 Å². The quantitative estimate of drug-likeness (QED) is 0.321. The van der Waals surface area contributed by atoms with E-state index in [1.165, 1.54) is 18.4 Å². The van der Waals surface area contributed by atoms with Gasteiger partial charge in [-0.3, -0.25) is 9.59 Å². The minimum atomic E-state index is -1.30. The Bertz CT molecular complexity index is 530. The summed E-state index contributed by atoms with van der Waals surface area (Å²) in [6.07, 6.45) is 2.69. The van der Waals surface area contributed by atoms with Crippen LogP contribution in [0.3, 0.4) is 0 Å². The molecular formula is C10H8N4O5. The molecule has 2 aliphatic rings. The fourth-order valence-corrected chi connectivity index (χ4v) is 1.53. The van der Waals surface area contributed by atoms with Gasteiger partial charge in [0, 0.05) is 17.8 Å². The van der Waals surface area contributed by atoms with Gasteiger partial charge in [-0.2, -0.15) is 0 Å². The SMILES string of the molecule is [N-]=[N+]=NC1=CC=COC1C(=O)ON1C(=O)CCC1=O. The van der Waals surface area contributed by atoms with E-state index in [0.29, 0.717) is 5.06 Å². The summed E-state index contributed by atoms with van der Waals surface area (Å²) < 4.78 is 4.95. The lowest BCUT2D eigenvalue weighted by Gasteiger charge is -2.20. The molecule has 0 radical (unpaired) electrons. The zero-order valence-corrected chi connectivity index (χ0v) is 9.55. The summed E-state index contributed by atoms with van der Waals surface area (Å²) in [7, 11) is 0. The highest BCUT2D eigenvalue weighted by atomic mass is 16.7. The van der Waals surface area contributed by atoms with Crippen molar-refractivity contribution in [1.82, 2.24) is 5.06 Å². The van der Waals surface area contributed by atoms with Gasteiger partial charge in [-0.25, -0.2) is 4.79 Å². The Balaban J connectivity index is 2.09. The third-order valence-electron chi connectivity index (χ3n) is 2.39. The minimum Gasteiger partial charge on any atom is -0.482 e. The van der Waals surface area contributed by atoms with E-state index in [-0.39, 0.29) is 18.5 Å². The van der Waals surface area contributed by atoms with Crippen LogP contribution in [0, 0.1) is 0 Å². The second-order valence-electron chi connectivity index (χ2n) is 3.62. The molecule has 2 aliphatic heterocycles. The topological polar surface area (TPSA) is 122 Å². The van der Waals surface area contributed by atoms with Crippen molar-refractivity contribution >= 4 is 17.8 Å². The molecule has 9 heteroatoms. The van der Waals surface area contributed by atoms with Crippen molar-refractivity contribution in [2.75, 3.05) is 0 Å². The van der Waals surface area contributed by atoms with Crippen LogP contribution in [0.15, 0.2) is 29.2 Å². The number of carbonyl (C=O) groups is 3. The molecule has 0 aromatic rings. The Morgan fingerprint density at radius 3 is 2.79 bits per heavy atom. The lowest BCUT2D eigenvalue weighted by Crippen LogP contribution is -2.38. The molecule has 0 bridgehead atoms. The van der Waals surface area contributed by atoms with Crippen LogP contribution in [0.4, 0.5) is 0 Å². The number of allylic oxidation sites excluding steroid dienone is 2. The fraction of sp³-hybridized carbons (Fsp3) is 0.300. The maximum Gasteiger partial charge on any atom is 0.377 e. The molecule has 2 heterocycles. The first-order valence-electron chi connectivity index (χ1n) is 5.28. The molecule has 0 saturated carbocycles. The standard InChI is InChI=1S/C10H8N4O5/c11-13-12-6-2-1-5-18-9(6)10(17)19-14-7(15)3-4-8(14)16/h1-2,5,9H,3-4H2. The Morgan fingerprint density at radius 1 is 1.47 bits per heavy atom. The highest BCUT2D eigenvalue weighted by Crippen LogP contribution is 2.19. The average molecular weight is 264 g/mol. The summed E-state index contributed by atoms with van der Waals surface area (Å²) in [5.41, 5.74) is 8.33. The first-order chi connectivity index (χ1) is 9.13. The molecule has 2 rings (SSSR count). The number of hydroxylamine groups is 2. The van der Waals surface area contributed by atoms with E-state index in [4.69, 9.17) is 10.3 Å². The van der Waals surface area contributed by atoms with E-state index in [1.807, 2.05) is 0 Å². The molecule has 1 fully saturated rings. The van der Waals surface area contributed by atoms with Crippen molar-refractivity contribution in [3.05, 3.63) is 34.6 Å². The normalized spacial score (nSPS) is 21.6. The second-order valence-corrected chi connectivity index (χ2v) is 3.62. The van der Waals surface area contributed by atoms with Crippen LogP contribution in [0.25, 0.3) is 10.4 Å². The van der Waals surface area contributed by atoms with Crippen molar-refractivity contribution < 1.29 is 24.0 Å². The highest BCUT2D eigenvalue weighted by molar-refractivity contribution is 6.01. The Kier molecular flexibility index (Phi) is 3.48. The van der Waals surface area contributed by atoms with Gasteiger partial charge in [-0.05, 0) is 17.7 Å². The van der Waals surface area contributed by atoms with Gasteiger partial charge in [0.2, 0.25) is 6.10 Å². The van der Waals surface area contributed by atoms with E-state index in [2.05, 4.69) is 14.9 Å². The van der Waals surface area contributed by atoms with Crippen LogP contribution in [0.5, 0.6) is 0 Å². The van der Waals surface area contributed by atoms with Gasteiger partial charge in [0.25, 0.3) is 11.8 Å². The number of imide groups is 1. The molecular weight excluding hydrogens is 256 g/mol. The maximum absolute atomic E-state index is 11.8. The monoisotopic (exact) mass is 264 g/mol. The van der Waals surface area contributed by atoms with Crippen LogP contribution in [0.1, 0.15) is 12.8 Å². The first-order valence-corrected chi connectivity index (χ1v) is 5.28. The molecule has 98 valence electrons. The van der Waals surface area contributed by atoms with Crippen molar-refractivity contribution in [3.63, 3.8) is 0 Å². The lowest BCUT2D eigenvalue weighted by molar-refractivity contribution is -0.202. The number of ether oxygens (including phenoxy) is 1. The van der Waals surface area contributed by atoms with Gasteiger partial charge in [-0.1, -0.05) is 5.11 Å². The average Bonchev–Trinajstić information content (AvgIpc) is 2.71. The van der Waals surface area contributed by atoms with E-state index in [9.17, 15) is 14.4 Å². The molecule has 0 aliphatic carbocycles. The van der Waals surface area contributed by atoms with E-state index in [1.54, 1.807) is 0 Å². The van der Waals surface area contributed by atoms with Crippen LogP contribution in [0.2, 0.25) is 0 Å². The van der Waals surface area contributed by atoms with Crippen LogP contribution in [-0.4, -0.2) is 29.0 Å². The summed E-state index contributed by atoms with van der Waals surface area (Å²) in [5, 5.41) is 3.68. The molecule has 0 N–H and O–H groups in total. The van der Waals surface area contributed by atoms with E-state index in [0.717, 1.165) is 0 Å². The minimum absolute atomic E-state index is 0.00339. The van der Waals surface area contributed by atoms with Gasteiger partial charge in [0.15, 0.2) is 0 Å². The summed E-state index contributed by atoms with van der Waals surface area (Å²) in [6.45, 7) is 0. The number of carbonyl (C=O) groups excluding carboxylic acids is 3. The van der Waals surface area contributed by atoms with E-state index >= 15 is 0 Å². The van der Waals surface area contributed by atoms with Gasteiger partial charge in [0.05, 0.1) is 12.0 Å². The van der Waals surface area contributed by atoms with Gasteiger partial charge < -0.3 is 9.57 Å². The predicted octanol–water partition coefficient (Wildman–Crippen LogP) is 0.700. The highest BCUT2D eigenvalue weighted by Gasteiger charge is 2.36. The number of hydrogen-bond donors (Lipinski definition) is 0. The third kappa shape index (κ3) is 2.55. The summed E-state index contributed by atoms with van der Waals surface area (Å²) >= 11 is 0. The molecule has 1 saturated heterocycles. The molecule has 0 spiro atoms. The van der Waals surface area contributed by atoms with Gasteiger partial charge in [0.1, 0.15) is 0 Å².